The Morgan fingerprint density at radius 3 is 2.17 bits per heavy atom. The minimum atomic E-state index is -1.21. The predicted octanol–water partition coefficient (Wildman–Crippen LogP) is 2.22. The summed E-state index contributed by atoms with van der Waals surface area (Å²) in [6, 6.07) is 0. The molecule has 0 aromatic rings. The molecule has 5 heteroatoms. The number of aliphatic carboxylic acids is 1. The third kappa shape index (κ3) is 15.3. The minimum Gasteiger partial charge on any atom is -0.550 e. The normalized spacial score (nSPS) is 13.5. The van der Waals surface area contributed by atoms with E-state index in [1.807, 2.05) is 21.1 Å². The van der Waals surface area contributed by atoms with Crippen LogP contribution in [-0.2, 0) is 14.3 Å². The van der Waals surface area contributed by atoms with E-state index < -0.39 is 18.0 Å². The quantitative estimate of drug-likeness (QED) is 0.170. The molecule has 0 saturated carbocycles. The van der Waals surface area contributed by atoms with Gasteiger partial charge >= 0.3 is 5.97 Å². The first-order valence-electron chi connectivity index (χ1n) is 8.77. The lowest BCUT2D eigenvalue weighted by molar-refractivity contribution is -0.873. The van der Waals surface area contributed by atoms with Gasteiger partial charge in [-0.05, 0) is 32.1 Å². The SMILES string of the molecule is CCC/C=C/CCCC/C=C/C(=O)OC(CC(=O)[O-])C[N+](C)(C)C. The zero-order chi connectivity index (χ0) is 18.4. The molecule has 0 radical (unpaired) electrons. The molecule has 0 aromatic carbocycles. The number of quaternary nitrogens is 1. The number of carbonyl (C=O) groups excluding carboxylic acids is 2. The number of unbranched alkanes of at least 4 members (excludes halogenated alkanes) is 4. The van der Waals surface area contributed by atoms with Crippen molar-refractivity contribution < 1.29 is 23.9 Å². The summed E-state index contributed by atoms with van der Waals surface area (Å²) in [6.45, 7) is 2.59. The first kappa shape index (κ1) is 22.4. The van der Waals surface area contributed by atoms with Gasteiger partial charge in [0.2, 0.25) is 0 Å². The van der Waals surface area contributed by atoms with Crippen LogP contribution >= 0.6 is 0 Å². The number of esters is 1. The maximum atomic E-state index is 11.8. The first-order chi connectivity index (χ1) is 11.2. The van der Waals surface area contributed by atoms with Gasteiger partial charge in [-0.1, -0.05) is 31.6 Å². The second kappa shape index (κ2) is 12.8. The van der Waals surface area contributed by atoms with Gasteiger partial charge in [-0.2, -0.15) is 0 Å². The van der Waals surface area contributed by atoms with Crippen LogP contribution in [0.5, 0.6) is 0 Å². The maximum Gasteiger partial charge on any atom is 0.330 e. The Balaban J connectivity index is 4.07. The number of allylic oxidation sites excluding steroid dienone is 3. The molecule has 1 atom stereocenters. The molecule has 138 valence electrons. The van der Waals surface area contributed by atoms with Crippen molar-refractivity contribution in [3.8, 4) is 0 Å². The lowest BCUT2D eigenvalue weighted by atomic mass is 10.1. The second-order valence-corrected chi connectivity index (χ2v) is 7.05. The standard InChI is InChI=1S/C19H33NO4/c1-5-6-7-8-9-10-11-12-13-14-19(23)24-17(15-18(21)22)16-20(2,3)4/h7-8,13-14,17H,5-6,9-12,15-16H2,1-4H3/b8-7+,14-13+. The predicted molar refractivity (Wildman–Crippen MR) is 94.1 cm³/mol. The van der Waals surface area contributed by atoms with Crippen molar-refractivity contribution in [3.05, 3.63) is 24.3 Å². The Labute approximate surface area is 146 Å². The summed E-state index contributed by atoms with van der Waals surface area (Å²) in [4.78, 5) is 22.6. The van der Waals surface area contributed by atoms with Gasteiger partial charge in [-0.25, -0.2) is 4.79 Å². The molecular formula is C19H33NO4. The molecule has 0 aliphatic carbocycles. The highest BCUT2D eigenvalue weighted by atomic mass is 16.5. The van der Waals surface area contributed by atoms with Crippen molar-refractivity contribution in [2.45, 2.75) is 58.0 Å². The Hall–Kier alpha value is -1.62. The molecule has 0 heterocycles. The molecule has 0 amide bonds. The molecule has 0 spiro atoms. The fourth-order valence-corrected chi connectivity index (χ4v) is 2.25. The zero-order valence-electron chi connectivity index (χ0n) is 15.6. The summed E-state index contributed by atoms with van der Waals surface area (Å²) in [7, 11) is 5.75. The van der Waals surface area contributed by atoms with Gasteiger partial charge in [-0.15, -0.1) is 0 Å². The smallest absolute Gasteiger partial charge is 0.330 e. The van der Waals surface area contributed by atoms with E-state index in [0.717, 1.165) is 32.1 Å². The number of nitrogens with zero attached hydrogens (tertiary/aromatic N) is 1. The first-order valence-corrected chi connectivity index (χ1v) is 8.77. The number of rotatable bonds is 13. The van der Waals surface area contributed by atoms with Crippen LogP contribution in [0.4, 0.5) is 0 Å². The third-order valence-electron chi connectivity index (χ3n) is 3.30. The Morgan fingerprint density at radius 2 is 1.62 bits per heavy atom. The number of carboxylic acids is 1. The highest BCUT2D eigenvalue weighted by Crippen LogP contribution is 2.06. The molecule has 0 rings (SSSR count). The van der Waals surface area contributed by atoms with Crippen LogP contribution in [0.2, 0.25) is 0 Å². The topological polar surface area (TPSA) is 66.4 Å². The van der Waals surface area contributed by atoms with E-state index in [1.54, 1.807) is 6.08 Å². The summed E-state index contributed by atoms with van der Waals surface area (Å²) in [5, 5.41) is 10.8. The monoisotopic (exact) mass is 339 g/mol. The van der Waals surface area contributed by atoms with Gasteiger partial charge in [0.25, 0.3) is 0 Å². The van der Waals surface area contributed by atoms with Crippen LogP contribution in [0.1, 0.15) is 51.9 Å². The van der Waals surface area contributed by atoms with Crippen molar-refractivity contribution in [3.63, 3.8) is 0 Å². The van der Waals surface area contributed by atoms with Crippen molar-refractivity contribution in [1.29, 1.82) is 0 Å². The fourth-order valence-electron chi connectivity index (χ4n) is 2.25. The summed E-state index contributed by atoms with van der Waals surface area (Å²) in [5.41, 5.74) is 0. The maximum absolute atomic E-state index is 11.8. The number of likely N-dealkylation sites (N-methyl/N-ethyl adjacent to an activating group) is 1. The van der Waals surface area contributed by atoms with Crippen LogP contribution in [0.15, 0.2) is 24.3 Å². The summed E-state index contributed by atoms with van der Waals surface area (Å²) >= 11 is 0. The van der Waals surface area contributed by atoms with Gasteiger partial charge in [0, 0.05) is 18.5 Å². The second-order valence-electron chi connectivity index (χ2n) is 7.05. The van der Waals surface area contributed by atoms with E-state index in [4.69, 9.17) is 4.74 Å². The van der Waals surface area contributed by atoms with Crippen LogP contribution < -0.4 is 5.11 Å². The highest BCUT2D eigenvalue weighted by molar-refractivity contribution is 5.82. The highest BCUT2D eigenvalue weighted by Gasteiger charge is 2.21. The Bertz CT molecular complexity index is 422. The number of hydrogen-bond acceptors (Lipinski definition) is 4. The molecule has 0 N–H and O–H groups in total. The fraction of sp³-hybridized carbons (Fsp3) is 0.684. The molecular weight excluding hydrogens is 306 g/mol. The van der Waals surface area contributed by atoms with Gasteiger partial charge in [0.05, 0.1) is 21.1 Å². The molecule has 5 nitrogen and oxygen atoms in total. The number of carboxylic acid groups (broad SMARTS) is 1. The summed E-state index contributed by atoms with van der Waals surface area (Å²) in [5.74, 6) is -1.70. The molecule has 0 saturated heterocycles. The van der Waals surface area contributed by atoms with Gasteiger partial charge in [0.1, 0.15) is 6.54 Å². The van der Waals surface area contributed by atoms with Crippen LogP contribution in [0.3, 0.4) is 0 Å². The van der Waals surface area contributed by atoms with E-state index in [0.29, 0.717) is 11.0 Å². The molecule has 0 bridgehead atoms. The van der Waals surface area contributed by atoms with E-state index in [-0.39, 0.29) is 6.42 Å². The van der Waals surface area contributed by atoms with Gasteiger partial charge in [-0.3, -0.25) is 0 Å². The number of hydrogen-bond donors (Lipinski definition) is 0. The summed E-state index contributed by atoms with van der Waals surface area (Å²) in [6.07, 6.45) is 12.9. The minimum absolute atomic E-state index is 0.279. The van der Waals surface area contributed by atoms with E-state index >= 15 is 0 Å². The van der Waals surface area contributed by atoms with Crippen LogP contribution in [0.25, 0.3) is 0 Å². The van der Waals surface area contributed by atoms with Crippen LogP contribution in [-0.4, -0.2) is 50.2 Å². The molecule has 0 aliphatic rings. The number of carbonyl (C=O) groups is 2. The van der Waals surface area contributed by atoms with Crippen LogP contribution in [0, 0.1) is 0 Å². The van der Waals surface area contributed by atoms with Crippen molar-refractivity contribution in [2.75, 3.05) is 27.7 Å². The lowest BCUT2D eigenvalue weighted by Crippen LogP contribution is -2.45. The van der Waals surface area contributed by atoms with E-state index in [2.05, 4.69) is 19.1 Å². The van der Waals surface area contributed by atoms with Gasteiger partial charge in [0.15, 0.2) is 6.10 Å². The van der Waals surface area contributed by atoms with E-state index in [1.165, 1.54) is 12.5 Å². The van der Waals surface area contributed by atoms with Crippen molar-refractivity contribution >= 4 is 11.9 Å². The Morgan fingerprint density at radius 1 is 1.04 bits per heavy atom. The average Bonchev–Trinajstić information content (AvgIpc) is 2.42. The van der Waals surface area contributed by atoms with Gasteiger partial charge < -0.3 is 19.1 Å². The average molecular weight is 339 g/mol. The molecule has 1 unspecified atom stereocenters. The van der Waals surface area contributed by atoms with Crippen molar-refractivity contribution in [1.82, 2.24) is 0 Å². The molecule has 0 fully saturated rings. The summed E-state index contributed by atoms with van der Waals surface area (Å²) < 4.78 is 5.75. The lowest BCUT2D eigenvalue weighted by Gasteiger charge is -2.29. The molecule has 24 heavy (non-hydrogen) atoms. The molecule has 0 aliphatic heterocycles. The Kier molecular flexibility index (Phi) is 11.9. The molecule has 0 aromatic heterocycles. The zero-order valence-corrected chi connectivity index (χ0v) is 15.6. The van der Waals surface area contributed by atoms with E-state index in [9.17, 15) is 14.7 Å². The largest absolute Gasteiger partial charge is 0.550 e. The van der Waals surface area contributed by atoms with Crippen molar-refractivity contribution in [2.24, 2.45) is 0 Å². The number of ether oxygens (including phenoxy) is 1. The third-order valence-corrected chi connectivity index (χ3v) is 3.30.